The zero-order valence-electron chi connectivity index (χ0n) is 22.2. The van der Waals surface area contributed by atoms with Gasteiger partial charge in [0, 0.05) is 12.1 Å². The smallest absolute Gasteiger partial charge is 0.419 e. The third-order valence-corrected chi connectivity index (χ3v) is 7.35. The summed E-state index contributed by atoms with van der Waals surface area (Å²) in [5, 5.41) is 13.8. The molecule has 0 spiro atoms. The van der Waals surface area contributed by atoms with E-state index >= 15 is 0 Å². The number of likely N-dealkylation sites (tertiary alicyclic amines) is 1. The van der Waals surface area contributed by atoms with Crippen molar-refractivity contribution in [2.75, 3.05) is 19.6 Å². The molecule has 1 amide bonds. The molecule has 0 radical (unpaired) electrons. The van der Waals surface area contributed by atoms with Crippen molar-refractivity contribution < 1.29 is 37.0 Å². The van der Waals surface area contributed by atoms with E-state index in [0.29, 0.717) is 25.9 Å². The highest BCUT2D eigenvalue weighted by atomic mass is 19.4. The minimum Gasteiger partial charge on any atom is -0.490 e. The number of aliphatic hydroxyl groups is 1. The Morgan fingerprint density at radius 3 is 2.15 bits per heavy atom. The zero-order valence-corrected chi connectivity index (χ0v) is 22.2. The Labute approximate surface area is 234 Å². The third-order valence-electron chi connectivity index (χ3n) is 7.35. The monoisotopic (exact) mass is 570 g/mol. The van der Waals surface area contributed by atoms with E-state index in [1.54, 1.807) is 24.3 Å². The molecule has 1 aliphatic heterocycles. The Bertz CT molecular complexity index is 1380. The molecule has 41 heavy (non-hydrogen) atoms. The Balaban J connectivity index is 1.34. The number of benzene rings is 3. The van der Waals surface area contributed by atoms with Crippen LogP contribution in [0.3, 0.4) is 0 Å². The number of hydrogen-bond acceptors (Lipinski definition) is 5. The summed E-state index contributed by atoms with van der Waals surface area (Å²) in [5.74, 6) is -2.50. The maximum absolute atomic E-state index is 13.8. The number of carbonyl (C=O) groups excluding carboxylic acids is 2. The van der Waals surface area contributed by atoms with Crippen molar-refractivity contribution in [3.63, 3.8) is 0 Å². The molecular formula is C31H30F4N2O4. The van der Waals surface area contributed by atoms with E-state index in [-0.39, 0.29) is 35.3 Å². The van der Waals surface area contributed by atoms with E-state index in [4.69, 9.17) is 4.74 Å². The number of amides is 1. The standard InChI is InChI=1S/C31H30F4N2O4/c32-23-10-7-20(8-11-23)19-3-5-21(6-4-19)29(39)30(40)36-26(18-37-15-1-2-16-37)28(38)22-9-14-27(41-24-12-13-24)25(17-22)31(33,34)35/h3-11,14,17,24,26,28,38H,1-2,12-13,15-16,18H2,(H,36,40)/t26-,28-/m1/s1. The number of nitrogens with one attached hydrogen (secondary N) is 1. The van der Waals surface area contributed by atoms with Crippen LogP contribution < -0.4 is 10.1 Å². The van der Waals surface area contributed by atoms with Gasteiger partial charge in [-0.1, -0.05) is 42.5 Å². The van der Waals surface area contributed by atoms with Crippen LogP contribution in [0.15, 0.2) is 66.7 Å². The summed E-state index contributed by atoms with van der Waals surface area (Å²) < 4.78 is 60.2. The van der Waals surface area contributed by atoms with Gasteiger partial charge < -0.3 is 20.1 Å². The summed E-state index contributed by atoms with van der Waals surface area (Å²) in [5.41, 5.74) is 0.517. The minimum atomic E-state index is -4.70. The number of rotatable bonds is 10. The molecule has 2 aliphatic rings. The van der Waals surface area contributed by atoms with Crippen molar-refractivity contribution in [2.24, 2.45) is 0 Å². The number of aliphatic hydroxyl groups excluding tert-OH is 1. The van der Waals surface area contributed by atoms with Crippen LogP contribution in [0.1, 0.15) is 53.3 Å². The third kappa shape index (κ3) is 7.12. The highest BCUT2D eigenvalue weighted by molar-refractivity contribution is 6.42. The summed E-state index contributed by atoms with van der Waals surface area (Å²) in [6.45, 7) is 1.57. The number of ether oxygens (including phenoxy) is 1. The number of Topliss-reactive ketones (excluding diaryl/α,β-unsaturated/α-hetero) is 1. The molecule has 1 saturated heterocycles. The van der Waals surface area contributed by atoms with E-state index in [1.165, 1.54) is 36.4 Å². The number of nitrogens with zero attached hydrogens (tertiary/aromatic N) is 1. The molecule has 1 aliphatic carbocycles. The van der Waals surface area contributed by atoms with Crippen LogP contribution in [-0.2, 0) is 11.0 Å². The van der Waals surface area contributed by atoms with E-state index in [2.05, 4.69) is 5.32 Å². The fourth-order valence-corrected chi connectivity index (χ4v) is 4.94. The predicted octanol–water partition coefficient (Wildman–Crippen LogP) is 5.55. The van der Waals surface area contributed by atoms with Crippen LogP contribution in [0.25, 0.3) is 11.1 Å². The Kier molecular flexibility index (Phi) is 8.42. The number of hydrogen-bond donors (Lipinski definition) is 2. The van der Waals surface area contributed by atoms with Gasteiger partial charge in [-0.15, -0.1) is 0 Å². The van der Waals surface area contributed by atoms with Crippen LogP contribution in [0.2, 0.25) is 0 Å². The molecule has 0 aromatic heterocycles. The zero-order chi connectivity index (χ0) is 29.1. The first-order valence-electron chi connectivity index (χ1n) is 13.6. The van der Waals surface area contributed by atoms with E-state index in [9.17, 15) is 32.3 Å². The van der Waals surface area contributed by atoms with Crippen molar-refractivity contribution in [2.45, 2.75) is 50.1 Å². The Hall–Kier alpha value is -3.76. The first kappa shape index (κ1) is 28.8. The first-order chi connectivity index (χ1) is 19.6. The van der Waals surface area contributed by atoms with E-state index < -0.39 is 35.6 Å². The van der Waals surface area contributed by atoms with Crippen molar-refractivity contribution in [1.82, 2.24) is 10.2 Å². The highest BCUT2D eigenvalue weighted by Gasteiger charge is 2.38. The molecule has 10 heteroatoms. The summed E-state index contributed by atoms with van der Waals surface area (Å²) >= 11 is 0. The summed E-state index contributed by atoms with van der Waals surface area (Å²) in [6, 6.07) is 14.4. The van der Waals surface area contributed by atoms with E-state index in [0.717, 1.165) is 30.0 Å². The van der Waals surface area contributed by atoms with Gasteiger partial charge >= 0.3 is 6.18 Å². The molecule has 2 N–H and O–H groups in total. The fraction of sp³-hybridized carbons (Fsp3) is 0.355. The minimum absolute atomic E-state index is 0.0407. The Morgan fingerprint density at radius 2 is 1.56 bits per heavy atom. The molecule has 6 nitrogen and oxygen atoms in total. The summed E-state index contributed by atoms with van der Waals surface area (Å²) in [4.78, 5) is 28.0. The molecule has 1 heterocycles. The predicted molar refractivity (Wildman–Crippen MR) is 144 cm³/mol. The van der Waals surface area contributed by atoms with Crippen molar-refractivity contribution in [1.29, 1.82) is 0 Å². The van der Waals surface area contributed by atoms with Crippen LogP contribution in [0.4, 0.5) is 17.6 Å². The number of alkyl halides is 3. The largest absolute Gasteiger partial charge is 0.490 e. The number of ketones is 1. The number of halogens is 4. The second-order valence-electron chi connectivity index (χ2n) is 10.5. The van der Waals surface area contributed by atoms with Gasteiger partial charge in [0.05, 0.1) is 17.7 Å². The Morgan fingerprint density at radius 1 is 0.951 bits per heavy atom. The van der Waals surface area contributed by atoms with Gasteiger partial charge in [-0.2, -0.15) is 13.2 Å². The quantitative estimate of drug-likeness (QED) is 0.190. The van der Waals surface area contributed by atoms with Crippen molar-refractivity contribution >= 4 is 11.7 Å². The van der Waals surface area contributed by atoms with Gasteiger partial charge in [-0.25, -0.2) is 4.39 Å². The molecule has 0 unspecified atom stereocenters. The highest BCUT2D eigenvalue weighted by Crippen LogP contribution is 2.40. The lowest BCUT2D eigenvalue weighted by Crippen LogP contribution is -2.48. The molecule has 2 fully saturated rings. The lowest BCUT2D eigenvalue weighted by Gasteiger charge is -2.29. The second kappa shape index (κ2) is 12.0. The van der Waals surface area contributed by atoms with Crippen molar-refractivity contribution in [3.05, 3.63) is 89.2 Å². The second-order valence-corrected chi connectivity index (χ2v) is 10.5. The fourth-order valence-electron chi connectivity index (χ4n) is 4.94. The van der Waals surface area contributed by atoms with Crippen LogP contribution in [-0.4, -0.2) is 53.5 Å². The average Bonchev–Trinajstić information content (AvgIpc) is 3.63. The van der Waals surface area contributed by atoms with Gasteiger partial charge in [0.1, 0.15) is 17.7 Å². The maximum Gasteiger partial charge on any atom is 0.419 e. The lowest BCUT2D eigenvalue weighted by molar-refractivity contribution is -0.139. The van der Waals surface area contributed by atoms with Gasteiger partial charge in [0.2, 0.25) is 5.78 Å². The molecule has 5 rings (SSSR count). The van der Waals surface area contributed by atoms with Gasteiger partial charge in [-0.05, 0) is 79.7 Å². The van der Waals surface area contributed by atoms with Gasteiger partial charge in [-0.3, -0.25) is 9.59 Å². The number of carbonyl (C=O) groups is 2. The van der Waals surface area contributed by atoms with Gasteiger partial charge in [0.15, 0.2) is 0 Å². The molecule has 0 bridgehead atoms. The molecule has 3 aromatic rings. The summed E-state index contributed by atoms with van der Waals surface area (Å²) in [6.07, 6.45) is -3.25. The lowest BCUT2D eigenvalue weighted by atomic mass is 9.98. The topological polar surface area (TPSA) is 78.9 Å². The maximum atomic E-state index is 13.8. The van der Waals surface area contributed by atoms with Crippen LogP contribution >= 0.6 is 0 Å². The molecular weight excluding hydrogens is 540 g/mol. The SMILES string of the molecule is O=C(N[C@H](CN1CCCC1)[C@H](O)c1ccc(OC2CC2)c(C(F)(F)F)c1)C(=O)c1ccc(-c2ccc(F)cc2)cc1. The van der Waals surface area contributed by atoms with E-state index in [1.807, 2.05) is 4.90 Å². The molecule has 1 saturated carbocycles. The molecule has 216 valence electrons. The van der Waals surface area contributed by atoms with Crippen molar-refractivity contribution in [3.8, 4) is 16.9 Å². The first-order valence-corrected chi connectivity index (χ1v) is 13.6. The van der Waals surface area contributed by atoms with Gasteiger partial charge in [0.25, 0.3) is 5.91 Å². The van der Waals surface area contributed by atoms with Crippen LogP contribution in [0, 0.1) is 5.82 Å². The normalized spacial score (nSPS) is 17.2. The van der Waals surface area contributed by atoms with Crippen LogP contribution in [0.5, 0.6) is 5.75 Å². The average molecular weight is 571 g/mol. The molecule has 3 aromatic carbocycles. The summed E-state index contributed by atoms with van der Waals surface area (Å²) in [7, 11) is 0. The molecule has 2 atom stereocenters.